The molecule has 0 radical (unpaired) electrons. The van der Waals surface area contributed by atoms with Gasteiger partial charge in [-0.05, 0) is 0 Å². The number of ether oxygens (including phenoxy) is 2. The lowest BCUT2D eigenvalue weighted by Crippen LogP contribution is -2.51. The standard InChI is InChI=1S/C17H19F2N3O5/c1-21-9-17(27-16(21)25)3-5-22(6-4-17)15(24)14(23)20-10-7-11(18)13(26-2)12(19)8-10/h7-8H,3-6,9H2,1-2H3,(H,20,23). The van der Waals surface area contributed by atoms with E-state index >= 15 is 0 Å². The monoisotopic (exact) mass is 383 g/mol. The highest BCUT2D eigenvalue weighted by Gasteiger charge is 2.46. The van der Waals surface area contributed by atoms with Crippen molar-refractivity contribution in [3.8, 4) is 5.75 Å². The van der Waals surface area contributed by atoms with Gasteiger partial charge in [0.2, 0.25) is 0 Å². The quantitative estimate of drug-likeness (QED) is 0.779. The third kappa shape index (κ3) is 3.64. The largest absolute Gasteiger partial charge is 0.491 e. The number of halogens is 2. The minimum atomic E-state index is -1.00. The maximum Gasteiger partial charge on any atom is 0.410 e. The average Bonchev–Trinajstić information content (AvgIpc) is 2.88. The van der Waals surface area contributed by atoms with Crippen molar-refractivity contribution in [3.05, 3.63) is 23.8 Å². The molecule has 8 nitrogen and oxygen atoms in total. The number of nitrogens with one attached hydrogen (secondary N) is 1. The molecule has 2 heterocycles. The first kappa shape index (κ1) is 18.9. The summed E-state index contributed by atoms with van der Waals surface area (Å²) in [7, 11) is 2.75. The van der Waals surface area contributed by atoms with Crippen molar-refractivity contribution in [1.29, 1.82) is 0 Å². The molecule has 10 heteroatoms. The van der Waals surface area contributed by atoms with E-state index in [1.807, 2.05) is 0 Å². The lowest BCUT2D eigenvalue weighted by atomic mass is 9.91. The van der Waals surface area contributed by atoms with Crippen LogP contribution in [-0.4, -0.2) is 67.1 Å². The zero-order chi connectivity index (χ0) is 19.8. The molecule has 2 fully saturated rings. The number of hydrogen-bond donors (Lipinski definition) is 1. The van der Waals surface area contributed by atoms with Gasteiger partial charge in [0.25, 0.3) is 0 Å². The van der Waals surface area contributed by atoms with E-state index in [4.69, 9.17) is 4.74 Å². The Morgan fingerprint density at radius 3 is 2.30 bits per heavy atom. The number of rotatable bonds is 2. The van der Waals surface area contributed by atoms with Gasteiger partial charge in [0.1, 0.15) is 5.60 Å². The molecule has 3 amide bonds. The summed E-state index contributed by atoms with van der Waals surface area (Å²) in [5.74, 6) is -4.38. The minimum absolute atomic E-state index is 0.191. The number of carbonyl (C=O) groups excluding carboxylic acids is 3. The second-order valence-electron chi connectivity index (χ2n) is 6.63. The van der Waals surface area contributed by atoms with Crippen LogP contribution in [0.1, 0.15) is 12.8 Å². The number of piperidine rings is 1. The Morgan fingerprint density at radius 1 is 1.22 bits per heavy atom. The highest BCUT2D eigenvalue weighted by molar-refractivity contribution is 6.39. The minimum Gasteiger partial charge on any atom is -0.491 e. The molecule has 1 spiro atoms. The molecule has 1 aromatic carbocycles. The Hall–Kier alpha value is -2.91. The van der Waals surface area contributed by atoms with Crippen molar-refractivity contribution in [3.63, 3.8) is 0 Å². The lowest BCUT2D eigenvalue weighted by molar-refractivity contribution is -0.145. The van der Waals surface area contributed by atoms with Crippen molar-refractivity contribution in [2.45, 2.75) is 18.4 Å². The number of likely N-dealkylation sites (N-methyl/N-ethyl adjacent to an activating group) is 1. The highest BCUT2D eigenvalue weighted by atomic mass is 19.1. The molecule has 0 unspecified atom stereocenters. The van der Waals surface area contributed by atoms with E-state index in [2.05, 4.69) is 10.1 Å². The number of nitrogens with zero attached hydrogens (tertiary/aromatic N) is 2. The third-order valence-electron chi connectivity index (χ3n) is 4.76. The van der Waals surface area contributed by atoms with E-state index in [9.17, 15) is 23.2 Å². The number of methoxy groups -OCH3 is 1. The Labute approximate surface area is 154 Å². The topological polar surface area (TPSA) is 88.2 Å². The van der Waals surface area contributed by atoms with E-state index in [-0.39, 0.29) is 18.8 Å². The Balaban J connectivity index is 1.60. The number of anilines is 1. The van der Waals surface area contributed by atoms with Gasteiger partial charge in [0.15, 0.2) is 17.4 Å². The van der Waals surface area contributed by atoms with Gasteiger partial charge in [-0.15, -0.1) is 0 Å². The maximum absolute atomic E-state index is 13.7. The summed E-state index contributed by atoms with van der Waals surface area (Å²) < 4.78 is 37.3. The summed E-state index contributed by atoms with van der Waals surface area (Å²) in [4.78, 5) is 38.8. The molecule has 2 aliphatic heterocycles. The van der Waals surface area contributed by atoms with Crippen LogP contribution in [0.25, 0.3) is 0 Å². The van der Waals surface area contributed by atoms with Crippen LogP contribution in [0.3, 0.4) is 0 Å². The van der Waals surface area contributed by atoms with E-state index in [0.29, 0.717) is 19.4 Å². The van der Waals surface area contributed by atoms with E-state index in [0.717, 1.165) is 19.2 Å². The summed E-state index contributed by atoms with van der Waals surface area (Å²) in [6, 6.07) is 1.73. The molecule has 3 rings (SSSR count). The van der Waals surface area contributed by atoms with Gasteiger partial charge in [-0.1, -0.05) is 0 Å². The zero-order valence-electron chi connectivity index (χ0n) is 14.9. The van der Waals surface area contributed by atoms with Crippen molar-refractivity contribution in [2.75, 3.05) is 39.1 Å². The lowest BCUT2D eigenvalue weighted by Gasteiger charge is -2.36. The van der Waals surface area contributed by atoms with Crippen LogP contribution < -0.4 is 10.1 Å². The first-order chi connectivity index (χ1) is 12.7. The van der Waals surface area contributed by atoms with Gasteiger partial charge < -0.3 is 24.6 Å². The van der Waals surface area contributed by atoms with Gasteiger partial charge >= 0.3 is 17.9 Å². The maximum atomic E-state index is 13.7. The number of benzene rings is 1. The van der Waals surface area contributed by atoms with Crippen molar-refractivity contribution in [1.82, 2.24) is 9.80 Å². The van der Waals surface area contributed by atoms with Gasteiger partial charge in [0.05, 0.1) is 13.7 Å². The molecule has 2 saturated heterocycles. The molecule has 1 N–H and O–H groups in total. The summed E-state index contributed by atoms with van der Waals surface area (Å²) in [5, 5.41) is 2.19. The first-order valence-electron chi connectivity index (χ1n) is 8.32. The van der Waals surface area contributed by atoms with Crippen LogP contribution in [0.15, 0.2) is 12.1 Å². The molecular formula is C17H19F2N3O5. The van der Waals surface area contributed by atoms with E-state index < -0.39 is 40.9 Å². The van der Waals surface area contributed by atoms with E-state index in [1.165, 1.54) is 9.80 Å². The first-order valence-corrected chi connectivity index (χ1v) is 8.32. The van der Waals surface area contributed by atoms with Gasteiger partial charge in [-0.25, -0.2) is 13.6 Å². The van der Waals surface area contributed by atoms with Crippen LogP contribution in [0, 0.1) is 11.6 Å². The number of likely N-dealkylation sites (tertiary alicyclic amines) is 1. The normalized spacial score (nSPS) is 18.4. The predicted octanol–water partition coefficient (Wildman–Crippen LogP) is 1.36. The summed E-state index contributed by atoms with van der Waals surface area (Å²) in [6.45, 7) is 0.905. The zero-order valence-corrected chi connectivity index (χ0v) is 14.9. The average molecular weight is 383 g/mol. The predicted molar refractivity (Wildman–Crippen MR) is 89.2 cm³/mol. The molecule has 0 aliphatic carbocycles. The fourth-order valence-electron chi connectivity index (χ4n) is 3.32. The number of hydrogen-bond acceptors (Lipinski definition) is 5. The van der Waals surface area contributed by atoms with Crippen molar-refractivity contribution < 1.29 is 32.6 Å². The van der Waals surface area contributed by atoms with Crippen LogP contribution in [0.2, 0.25) is 0 Å². The molecule has 0 bridgehead atoms. The summed E-state index contributed by atoms with van der Waals surface area (Å²) in [6.07, 6.45) is 0.415. The third-order valence-corrected chi connectivity index (χ3v) is 4.76. The van der Waals surface area contributed by atoms with Gasteiger partial charge in [-0.3, -0.25) is 9.59 Å². The van der Waals surface area contributed by atoms with Crippen LogP contribution in [-0.2, 0) is 14.3 Å². The van der Waals surface area contributed by atoms with Crippen LogP contribution in [0.5, 0.6) is 5.75 Å². The van der Waals surface area contributed by atoms with Gasteiger partial charge in [0, 0.05) is 50.8 Å². The second-order valence-corrected chi connectivity index (χ2v) is 6.63. The second kappa shape index (κ2) is 7.01. The van der Waals surface area contributed by atoms with Crippen molar-refractivity contribution >= 4 is 23.6 Å². The fraction of sp³-hybridized carbons (Fsp3) is 0.471. The number of carbonyl (C=O) groups is 3. The highest BCUT2D eigenvalue weighted by Crippen LogP contribution is 2.32. The van der Waals surface area contributed by atoms with Gasteiger partial charge in [-0.2, -0.15) is 0 Å². The number of amides is 3. The molecule has 27 heavy (non-hydrogen) atoms. The molecule has 1 aromatic rings. The Morgan fingerprint density at radius 2 is 1.81 bits per heavy atom. The molecule has 2 aliphatic rings. The Bertz CT molecular complexity index is 770. The van der Waals surface area contributed by atoms with Crippen molar-refractivity contribution in [2.24, 2.45) is 0 Å². The smallest absolute Gasteiger partial charge is 0.410 e. The fourth-order valence-corrected chi connectivity index (χ4v) is 3.32. The summed E-state index contributed by atoms with van der Waals surface area (Å²) >= 11 is 0. The SMILES string of the molecule is COc1c(F)cc(NC(=O)C(=O)N2CCC3(CC2)CN(C)C(=O)O3)cc1F. The van der Waals surface area contributed by atoms with Crippen LogP contribution in [0.4, 0.5) is 19.3 Å². The molecule has 0 aromatic heterocycles. The molecular weight excluding hydrogens is 364 g/mol. The Kier molecular flexibility index (Phi) is 4.90. The summed E-state index contributed by atoms with van der Waals surface area (Å²) in [5.41, 5.74) is -0.828. The van der Waals surface area contributed by atoms with Crippen LogP contribution >= 0.6 is 0 Å². The molecule has 0 saturated carbocycles. The van der Waals surface area contributed by atoms with E-state index in [1.54, 1.807) is 7.05 Å². The molecule has 146 valence electrons. The molecule has 0 atom stereocenters.